The van der Waals surface area contributed by atoms with E-state index in [9.17, 15) is 4.79 Å². The van der Waals surface area contributed by atoms with Gasteiger partial charge in [-0.1, -0.05) is 45.0 Å². The Hall–Kier alpha value is -1.35. The lowest BCUT2D eigenvalue weighted by atomic mass is 9.86. The molecule has 0 spiro atoms. The number of amides is 1. The predicted molar refractivity (Wildman–Crippen MR) is 92.0 cm³/mol. The zero-order valence-corrected chi connectivity index (χ0v) is 14.5. The van der Waals surface area contributed by atoms with Gasteiger partial charge in [0.15, 0.2) is 0 Å². The summed E-state index contributed by atoms with van der Waals surface area (Å²) in [5.74, 6) is 0.303. The van der Waals surface area contributed by atoms with Crippen LogP contribution >= 0.6 is 0 Å². The summed E-state index contributed by atoms with van der Waals surface area (Å²) in [6.07, 6.45) is 3.77. The van der Waals surface area contributed by atoms with E-state index in [0.717, 1.165) is 32.4 Å². The fourth-order valence-electron chi connectivity index (χ4n) is 3.18. The van der Waals surface area contributed by atoms with Gasteiger partial charge in [-0.05, 0) is 49.4 Å². The highest BCUT2D eigenvalue weighted by atomic mass is 16.2. The van der Waals surface area contributed by atoms with E-state index in [4.69, 9.17) is 0 Å². The smallest absolute Gasteiger partial charge is 0.223 e. The zero-order valence-electron chi connectivity index (χ0n) is 14.5. The number of hydrogen-bond donors (Lipinski definition) is 1. The molecule has 0 radical (unpaired) electrons. The highest BCUT2D eigenvalue weighted by molar-refractivity contribution is 5.77. The second-order valence-electron chi connectivity index (χ2n) is 7.32. The molecule has 1 N–H and O–H groups in total. The van der Waals surface area contributed by atoms with Gasteiger partial charge in [0, 0.05) is 13.0 Å². The van der Waals surface area contributed by atoms with Crippen molar-refractivity contribution in [3.8, 4) is 0 Å². The molecule has 1 atom stereocenters. The number of nitrogens with zero attached hydrogens (tertiary/aromatic N) is 1. The molecule has 0 saturated carbocycles. The van der Waals surface area contributed by atoms with Gasteiger partial charge in [-0.15, -0.1) is 0 Å². The van der Waals surface area contributed by atoms with E-state index in [1.165, 1.54) is 11.1 Å². The molecule has 0 aliphatic carbocycles. The molecule has 1 unspecified atom stereocenters. The molecule has 1 aliphatic heterocycles. The van der Waals surface area contributed by atoms with E-state index < -0.39 is 0 Å². The van der Waals surface area contributed by atoms with Crippen molar-refractivity contribution < 1.29 is 4.79 Å². The second kappa shape index (κ2) is 7.28. The first-order chi connectivity index (χ1) is 10.4. The number of nitrogens with one attached hydrogen (secondary N) is 1. The van der Waals surface area contributed by atoms with Crippen LogP contribution in [0.2, 0.25) is 0 Å². The average Bonchev–Trinajstić information content (AvgIpc) is 2.96. The Bertz CT molecular complexity index is 487. The molecule has 1 aromatic carbocycles. The van der Waals surface area contributed by atoms with Gasteiger partial charge in [0.05, 0.1) is 6.04 Å². The van der Waals surface area contributed by atoms with E-state index in [0.29, 0.717) is 12.3 Å². The third-order valence-electron chi connectivity index (χ3n) is 4.55. The third-order valence-corrected chi connectivity index (χ3v) is 4.55. The first-order valence-corrected chi connectivity index (χ1v) is 8.48. The Balaban J connectivity index is 2.05. The van der Waals surface area contributed by atoms with Gasteiger partial charge in [0.2, 0.25) is 5.91 Å². The molecule has 1 fully saturated rings. The van der Waals surface area contributed by atoms with Gasteiger partial charge in [-0.25, -0.2) is 0 Å². The van der Waals surface area contributed by atoms with Crippen LogP contribution in [-0.4, -0.2) is 30.9 Å². The molecule has 1 amide bonds. The highest BCUT2D eigenvalue weighted by Crippen LogP contribution is 2.33. The van der Waals surface area contributed by atoms with Gasteiger partial charge in [0.1, 0.15) is 0 Å². The van der Waals surface area contributed by atoms with Gasteiger partial charge in [-0.2, -0.15) is 0 Å². The Morgan fingerprint density at radius 1 is 1.27 bits per heavy atom. The summed E-state index contributed by atoms with van der Waals surface area (Å²) in [5, 5.41) is 3.11. The third kappa shape index (κ3) is 4.10. The Labute approximate surface area is 135 Å². The summed E-state index contributed by atoms with van der Waals surface area (Å²) < 4.78 is 0. The first-order valence-electron chi connectivity index (χ1n) is 8.48. The van der Waals surface area contributed by atoms with Crippen LogP contribution < -0.4 is 5.32 Å². The van der Waals surface area contributed by atoms with Crippen LogP contribution in [0, 0.1) is 0 Å². The molecule has 1 aliphatic rings. The zero-order chi connectivity index (χ0) is 16.2. The molecule has 0 bridgehead atoms. The summed E-state index contributed by atoms with van der Waals surface area (Å²) in [4.78, 5) is 14.5. The van der Waals surface area contributed by atoms with Crippen molar-refractivity contribution >= 4 is 5.91 Å². The summed E-state index contributed by atoms with van der Waals surface area (Å²) in [5.41, 5.74) is 2.81. The average molecular weight is 302 g/mol. The molecular weight excluding hydrogens is 272 g/mol. The lowest BCUT2D eigenvalue weighted by Gasteiger charge is -2.26. The van der Waals surface area contributed by atoms with Crippen molar-refractivity contribution in [1.82, 2.24) is 10.2 Å². The van der Waals surface area contributed by atoms with E-state index >= 15 is 0 Å². The number of carbonyl (C=O) groups is 1. The molecule has 1 saturated heterocycles. The first kappa shape index (κ1) is 17.0. The number of carbonyl (C=O) groups excluding carboxylic acids is 1. The summed E-state index contributed by atoms with van der Waals surface area (Å²) in [7, 11) is 1.93. The van der Waals surface area contributed by atoms with Gasteiger partial charge < -0.3 is 10.2 Å². The number of hydrogen-bond acceptors (Lipinski definition) is 2. The van der Waals surface area contributed by atoms with Crippen molar-refractivity contribution in [2.45, 2.75) is 57.9 Å². The lowest BCUT2D eigenvalue weighted by Crippen LogP contribution is -2.31. The molecular formula is C19H30N2O. The number of benzene rings is 1. The standard InChI is InChI=1S/C19H30N2O/c1-19(2,3)16-11-9-15(10-12-16)17-7-6-14-21(17)18(22)8-5-13-20-4/h9-12,17,20H,5-8,13-14H2,1-4H3. The van der Waals surface area contributed by atoms with Crippen LogP contribution in [-0.2, 0) is 10.2 Å². The van der Waals surface area contributed by atoms with Gasteiger partial charge >= 0.3 is 0 Å². The molecule has 1 aromatic rings. The van der Waals surface area contributed by atoms with Crippen molar-refractivity contribution in [2.75, 3.05) is 20.1 Å². The Kier molecular flexibility index (Phi) is 5.63. The minimum Gasteiger partial charge on any atom is -0.336 e. The number of rotatable bonds is 5. The lowest BCUT2D eigenvalue weighted by molar-refractivity contribution is -0.132. The second-order valence-corrected chi connectivity index (χ2v) is 7.32. The van der Waals surface area contributed by atoms with Crippen molar-refractivity contribution in [2.24, 2.45) is 0 Å². The molecule has 3 nitrogen and oxygen atoms in total. The molecule has 2 rings (SSSR count). The van der Waals surface area contributed by atoms with Crippen LogP contribution in [0.1, 0.15) is 63.6 Å². The van der Waals surface area contributed by atoms with E-state index in [1.54, 1.807) is 0 Å². The summed E-state index contributed by atoms with van der Waals surface area (Å²) in [6, 6.07) is 9.14. The minimum atomic E-state index is 0.177. The van der Waals surface area contributed by atoms with Crippen molar-refractivity contribution in [3.63, 3.8) is 0 Å². The maximum absolute atomic E-state index is 12.4. The van der Waals surface area contributed by atoms with Crippen LogP contribution in [0.3, 0.4) is 0 Å². The van der Waals surface area contributed by atoms with Crippen LogP contribution in [0.4, 0.5) is 0 Å². The molecule has 0 aromatic heterocycles. The predicted octanol–water partition coefficient (Wildman–Crippen LogP) is 3.65. The van der Waals surface area contributed by atoms with E-state index in [1.807, 2.05) is 7.05 Å². The van der Waals surface area contributed by atoms with E-state index in [2.05, 4.69) is 55.3 Å². The molecule has 3 heteroatoms. The normalized spacial score (nSPS) is 18.7. The minimum absolute atomic E-state index is 0.177. The monoisotopic (exact) mass is 302 g/mol. The van der Waals surface area contributed by atoms with Gasteiger partial charge in [-0.3, -0.25) is 4.79 Å². The number of likely N-dealkylation sites (tertiary alicyclic amines) is 1. The van der Waals surface area contributed by atoms with E-state index in [-0.39, 0.29) is 11.5 Å². The van der Waals surface area contributed by atoms with Crippen LogP contribution in [0.5, 0.6) is 0 Å². The topological polar surface area (TPSA) is 32.3 Å². The SMILES string of the molecule is CNCCCC(=O)N1CCCC1c1ccc(C(C)(C)C)cc1. The summed E-state index contributed by atoms with van der Waals surface area (Å²) >= 11 is 0. The van der Waals surface area contributed by atoms with Gasteiger partial charge in [0.25, 0.3) is 0 Å². The molecule has 1 heterocycles. The maximum atomic E-state index is 12.4. The van der Waals surface area contributed by atoms with Crippen molar-refractivity contribution in [1.29, 1.82) is 0 Å². The highest BCUT2D eigenvalue weighted by Gasteiger charge is 2.29. The fourth-order valence-corrected chi connectivity index (χ4v) is 3.18. The summed E-state index contributed by atoms with van der Waals surface area (Å²) in [6.45, 7) is 8.51. The quantitative estimate of drug-likeness (QED) is 0.842. The fraction of sp³-hybridized carbons (Fsp3) is 0.632. The largest absolute Gasteiger partial charge is 0.336 e. The Morgan fingerprint density at radius 2 is 1.95 bits per heavy atom. The maximum Gasteiger partial charge on any atom is 0.223 e. The van der Waals surface area contributed by atoms with Crippen LogP contribution in [0.15, 0.2) is 24.3 Å². The van der Waals surface area contributed by atoms with Crippen molar-refractivity contribution in [3.05, 3.63) is 35.4 Å². The molecule has 122 valence electrons. The Morgan fingerprint density at radius 3 is 2.55 bits per heavy atom. The molecule has 22 heavy (non-hydrogen) atoms. The van der Waals surface area contributed by atoms with Crippen LogP contribution in [0.25, 0.3) is 0 Å².